The quantitative estimate of drug-likeness (QED) is 0.283. The van der Waals surface area contributed by atoms with Crippen molar-refractivity contribution in [1.82, 2.24) is 15.6 Å². The van der Waals surface area contributed by atoms with Crippen molar-refractivity contribution < 1.29 is 5.11 Å². The molecule has 0 radical (unpaired) electrons. The van der Waals surface area contributed by atoms with Gasteiger partial charge in [0.1, 0.15) is 0 Å². The van der Waals surface area contributed by atoms with Gasteiger partial charge in [0.05, 0.1) is 12.1 Å². The van der Waals surface area contributed by atoms with Crippen LogP contribution in [0.25, 0.3) is 0 Å². The maximum absolute atomic E-state index is 10.7. The monoisotopic (exact) mass is 462 g/mol. The van der Waals surface area contributed by atoms with Crippen LogP contribution in [0, 0.1) is 6.92 Å². The van der Waals surface area contributed by atoms with E-state index in [4.69, 9.17) is 0 Å². The molecule has 0 bridgehead atoms. The van der Waals surface area contributed by atoms with Crippen molar-refractivity contribution in [2.45, 2.75) is 65.4 Å². The standard InChI is InChI=1S/C19H34N4O.HI/c1-5-10-19(24,11-6-2)15-23-18(21-7-3)22-13-9-17-8-12-20-14-16(17)4;/h8,12,14,24H,5-7,9-11,13,15H2,1-4H3,(H2,21,22,23);1H. The zero-order chi connectivity index (χ0) is 17.8. The molecule has 0 atom stereocenters. The summed E-state index contributed by atoms with van der Waals surface area (Å²) in [7, 11) is 0. The molecule has 1 heterocycles. The molecule has 0 aromatic carbocycles. The summed E-state index contributed by atoms with van der Waals surface area (Å²) in [5.74, 6) is 0.773. The Kier molecular flexibility index (Phi) is 12.9. The second-order valence-corrected chi connectivity index (χ2v) is 6.40. The highest BCUT2D eigenvalue weighted by atomic mass is 127. The number of hydrogen-bond donors (Lipinski definition) is 3. The summed E-state index contributed by atoms with van der Waals surface area (Å²) in [6.07, 6.45) is 8.17. The maximum Gasteiger partial charge on any atom is 0.191 e. The molecule has 0 saturated carbocycles. The summed E-state index contributed by atoms with van der Waals surface area (Å²) in [6, 6.07) is 2.06. The molecule has 1 aromatic rings. The van der Waals surface area contributed by atoms with E-state index in [2.05, 4.69) is 54.4 Å². The average molecular weight is 462 g/mol. The van der Waals surface area contributed by atoms with Gasteiger partial charge in [-0.15, -0.1) is 24.0 Å². The van der Waals surface area contributed by atoms with Crippen LogP contribution in [0.1, 0.15) is 57.6 Å². The van der Waals surface area contributed by atoms with Crippen molar-refractivity contribution in [2.24, 2.45) is 4.99 Å². The van der Waals surface area contributed by atoms with Crippen LogP contribution >= 0.6 is 24.0 Å². The van der Waals surface area contributed by atoms with Crippen LogP contribution in [-0.2, 0) is 6.42 Å². The normalized spacial score (nSPS) is 11.8. The van der Waals surface area contributed by atoms with E-state index in [1.165, 1.54) is 11.1 Å². The molecule has 0 aliphatic heterocycles. The fourth-order valence-corrected chi connectivity index (χ4v) is 2.88. The zero-order valence-corrected chi connectivity index (χ0v) is 18.5. The first-order valence-corrected chi connectivity index (χ1v) is 9.18. The van der Waals surface area contributed by atoms with Crippen molar-refractivity contribution in [3.05, 3.63) is 29.6 Å². The number of rotatable bonds is 10. The molecule has 6 heteroatoms. The first-order valence-electron chi connectivity index (χ1n) is 9.18. The van der Waals surface area contributed by atoms with Gasteiger partial charge in [0.25, 0.3) is 0 Å². The Hall–Kier alpha value is -0.890. The topological polar surface area (TPSA) is 69.5 Å². The van der Waals surface area contributed by atoms with E-state index in [0.717, 1.165) is 51.2 Å². The SMILES string of the molecule is CCCC(O)(CCC)CN=C(NCC)NCCc1ccncc1C.I. The Morgan fingerprint density at radius 3 is 2.44 bits per heavy atom. The molecule has 0 spiro atoms. The Morgan fingerprint density at radius 2 is 1.88 bits per heavy atom. The Bertz CT molecular complexity index is 502. The van der Waals surface area contributed by atoms with E-state index < -0.39 is 5.60 Å². The molecule has 0 aliphatic carbocycles. The zero-order valence-electron chi connectivity index (χ0n) is 16.1. The van der Waals surface area contributed by atoms with Crippen LogP contribution in [0.4, 0.5) is 0 Å². The van der Waals surface area contributed by atoms with Crippen molar-refractivity contribution in [1.29, 1.82) is 0 Å². The fraction of sp³-hybridized carbons (Fsp3) is 0.684. The van der Waals surface area contributed by atoms with Gasteiger partial charge < -0.3 is 15.7 Å². The van der Waals surface area contributed by atoms with Gasteiger partial charge in [0, 0.05) is 25.5 Å². The van der Waals surface area contributed by atoms with Crippen LogP contribution in [-0.4, -0.2) is 41.3 Å². The number of aliphatic hydroxyl groups is 1. The highest BCUT2D eigenvalue weighted by molar-refractivity contribution is 14.0. The summed E-state index contributed by atoms with van der Waals surface area (Å²) < 4.78 is 0. The van der Waals surface area contributed by atoms with Crippen molar-refractivity contribution in [3.8, 4) is 0 Å². The number of guanidine groups is 1. The van der Waals surface area contributed by atoms with Crippen molar-refractivity contribution in [3.63, 3.8) is 0 Å². The van der Waals surface area contributed by atoms with Crippen LogP contribution in [0.15, 0.2) is 23.5 Å². The number of nitrogens with one attached hydrogen (secondary N) is 2. The van der Waals surface area contributed by atoms with E-state index in [9.17, 15) is 5.11 Å². The summed E-state index contributed by atoms with van der Waals surface area (Å²) in [4.78, 5) is 8.73. The van der Waals surface area contributed by atoms with E-state index >= 15 is 0 Å². The lowest BCUT2D eigenvalue weighted by Gasteiger charge is -2.26. The number of aliphatic imine (C=N–C) groups is 1. The minimum atomic E-state index is -0.687. The van der Waals surface area contributed by atoms with Gasteiger partial charge in [-0.25, -0.2) is 0 Å². The van der Waals surface area contributed by atoms with Gasteiger partial charge in [-0.3, -0.25) is 9.98 Å². The Labute approximate surface area is 170 Å². The highest BCUT2D eigenvalue weighted by Gasteiger charge is 2.24. The lowest BCUT2D eigenvalue weighted by molar-refractivity contribution is 0.0306. The van der Waals surface area contributed by atoms with Crippen molar-refractivity contribution in [2.75, 3.05) is 19.6 Å². The lowest BCUT2D eigenvalue weighted by Crippen LogP contribution is -2.40. The minimum absolute atomic E-state index is 0. The predicted molar refractivity (Wildman–Crippen MR) is 117 cm³/mol. The van der Waals surface area contributed by atoms with Gasteiger partial charge in [-0.1, -0.05) is 26.7 Å². The first-order chi connectivity index (χ1) is 11.5. The predicted octanol–water partition coefficient (Wildman–Crippen LogP) is 3.44. The third-order valence-corrected chi connectivity index (χ3v) is 4.13. The van der Waals surface area contributed by atoms with Crippen LogP contribution in [0.3, 0.4) is 0 Å². The van der Waals surface area contributed by atoms with E-state index in [-0.39, 0.29) is 24.0 Å². The number of nitrogens with zero attached hydrogens (tertiary/aromatic N) is 2. The molecule has 0 amide bonds. The van der Waals surface area contributed by atoms with E-state index in [0.29, 0.717) is 6.54 Å². The number of aryl methyl sites for hydroxylation is 1. The molecule has 5 nitrogen and oxygen atoms in total. The number of pyridine rings is 1. The lowest BCUT2D eigenvalue weighted by atomic mass is 9.93. The molecule has 0 saturated heterocycles. The molecule has 144 valence electrons. The minimum Gasteiger partial charge on any atom is -0.388 e. The first kappa shape index (κ1) is 24.1. The molecule has 0 fully saturated rings. The highest BCUT2D eigenvalue weighted by Crippen LogP contribution is 2.19. The second-order valence-electron chi connectivity index (χ2n) is 6.40. The van der Waals surface area contributed by atoms with Crippen molar-refractivity contribution >= 4 is 29.9 Å². The maximum atomic E-state index is 10.7. The number of hydrogen-bond acceptors (Lipinski definition) is 3. The number of aromatic nitrogens is 1. The summed E-state index contributed by atoms with van der Waals surface area (Å²) in [6.45, 7) is 10.4. The largest absolute Gasteiger partial charge is 0.388 e. The van der Waals surface area contributed by atoms with Crippen LogP contribution in [0.2, 0.25) is 0 Å². The van der Waals surface area contributed by atoms with Gasteiger partial charge >= 0.3 is 0 Å². The summed E-state index contributed by atoms with van der Waals surface area (Å²) >= 11 is 0. The van der Waals surface area contributed by atoms with Crippen LogP contribution in [0.5, 0.6) is 0 Å². The van der Waals surface area contributed by atoms with Gasteiger partial charge in [-0.2, -0.15) is 0 Å². The molecule has 1 aromatic heterocycles. The number of halogens is 1. The van der Waals surface area contributed by atoms with Gasteiger partial charge in [-0.05, 0) is 50.3 Å². The van der Waals surface area contributed by atoms with Crippen LogP contribution < -0.4 is 10.6 Å². The molecule has 25 heavy (non-hydrogen) atoms. The molecular formula is C19H35IN4O. The molecular weight excluding hydrogens is 427 g/mol. The summed E-state index contributed by atoms with van der Waals surface area (Å²) in [5.41, 5.74) is 1.82. The molecule has 3 N–H and O–H groups in total. The Balaban J connectivity index is 0.00000576. The van der Waals surface area contributed by atoms with Gasteiger partial charge in [0.15, 0.2) is 5.96 Å². The van der Waals surface area contributed by atoms with E-state index in [1.807, 2.05) is 12.4 Å². The molecule has 1 rings (SSSR count). The molecule has 0 aliphatic rings. The molecule has 0 unspecified atom stereocenters. The third-order valence-electron chi connectivity index (χ3n) is 4.13. The van der Waals surface area contributed by atoms with Gasteiger partial charge in [0.2, 0.25) is 0 Å². The second kappa shape index (κ2) is 13.3. The summed E-state index contributed by atoms with van der Waals surface area (Å²) in [5, 5.41) is 17.3. The fourth-order valence-electron chi connectivity index (χ4n) is 2.88. The smallest absolute Gasteiger partial charge is 0.191 e. The third kappa shape index (κ3) is 9.39. The Morgan fingerprint density at radius 1 is 1.20 bits per heavy atom. The van der Waals surface area contributed by atoms with E-state index in [1.54, 1.807) is 0 Å². The average Bonchev–Trinajstić information content (AvgIpc) is 2.55.